The topological polar surface area (TPSA) is 112 Å². The van der Waals surface area contributed by atoms with E-state index in [9.17, 15) is 19.5 Å². The Morgan fingerprint density at radius 3 is 2.58 bits per heavy atom. The van der Waals surface area contributed by atoms with E-state index >= 15 is 8.78 Å². The largest absolute Gasteiger partial charge is 0.507 e. The number of nitrogens with zero attached hydrogens (tertiary/aromatic N) is 6. The highest BCUT2D eigenvalue weighted by Gasteiger charge is 2.46. The number of halogens is 2. The van der Waals surface area contributed by atoms with Gasteiger partial charge in [0.05, 0.1) is 29.2 Å². The zero-order valence-corrected chi connectivity index (χ0v) is 25.0. The van der Waals surface area contributed by atoms with E-state index in [4.69, 9.17) is 4.11 Å². The summed E-state index contributed by atoms with van der Waals surface area (Å²) in [5, 5.41) is 10.5. The number of aromatic nitrogens is 3. The van der Waals surface area contributed by atoms with Gasteiger partial charge in [-0.05, 0) is 55.7 Å². The fourth-order valence-electron chi connectivity index (χ4n) is 6.28. The van der Waals surface area contributed by atoms with Crippen molar-refractivity contribution in [2.75, 3.05) is 29.9 Å². The molecule has 6 rings (SSSR count). The van der Waals surface area contributed by atoms with Crippen LogP contribution in [-0.4, -0.2) is 68.5 Å². The van der Waals surface area contributed by atoms with Crippen LogP contribution >= 0.6 is 0 Å². The van der Waals surface area contributed by atoms with Gasteiger partial charge in [0.1, 0.15) is 29.0 Å². The van der Waals surface area contributed by atoms with Crippen LogP contribution in [0.4, 0.5) is 20.2 Å². The Morgan fingerprint density at radius 2 is 1.91 bits per heavy atom. The van der Waals surface area contributed by atoms with Crippen molar-refractivity contribution in [3.63, 3.8) is 0 Å². The fourth-order valence-corrected chi connectivity index (χ4v) is 6.28. The molecule has 0 unspecified atom stereocenters. The summed E-state index contributed by atoms with van der Waals surface area (Å²) in [7, 11) is 0. The molecule has 1 saturated heterocycles. The summed E-state index contributed by atoms with van der Waals surface area (Å²) in [6, 6.07) is 4.26. The Morgan fingerprint density at radius 1 is 1.16 bits per heavy atom. The molecule has 10 nitrogen and oxygen atoms in total. The number of hydrogen-bond acceptors (Lipinski definition) is 7. The van der Waals surface area contributed by atoms with Gasteiger partial charge in [-0.2, -0.15) is 0 Å². The molecule has 1 N–H and O–H groups in total. The lowest BCUT2D eigenvalue weighted by molar-refractivity contribution is -0.130. The molecule has 0 saturated carbocycles. The van der Waals surface area contributed by atoms with Crippen LogP contribution < -0.4 is 15.4 Å². The molecule has 4 aromatic rings. The van der Waals surface area contributed by atoms with E-state index in [0.29, 0.717) is 16.2 Å². The molecule has 0 bridgehead atoms. The van der Waals surface area contributed by atoms with E-state index in [0.717, 1.165) is 22.8 Å². The van der Waals surface area contributed by atoms with Crippen molar-refractivity contribution < 1.29 is 27.6 Å². The van der Waals surface area contributed by atoms with Gasteiger partial charge in [0.2, 0.25) is 5.91 Å². The lowest BCUT2D eigenvalue weighted by Gasteiger charge is -2.49. The van der Waals surface area contributed by atoms with Crippen molar-refractivity contribution in [1.82, 2.24) is 19.4 Å². The van der Waals surface area contributed by atoms with Gasteiger partial charge in [-0.1, -0.05) is 26.5 Å². The van der Waals surface area contributed by atoms with Crippen molar-refractivity contribution in [3.05, 3.63) is 82.4 Å². The third-order valence-corrected chi connectivity index (χ3v) is 8.42. The first kappa shape index (κ1) is 26.3. The first-order valence-corrected chi connectivity index (χ1v) is 14.3. The molecule has 0 aliphatic carbocycles. The summed E-state index contributed by atoms with van der Waals surface area (Å²) < 4.78 is 57.6. The predicted octanol–water partition coefficient (Wildman–Crippen LogP) is 4.43. The second-order valence-corrected chi connectivity index (χ2v) is 11.6. The Bertz CT molecular complexity index is 2080. The Balaban J connectivity index is 1.81. The van der Waals surface area contributed by atoms with Crippen LogP contribution in [0, 0.1) is 18.6 Å². The minimum atomic E-state index is -3.17. The number of anilines is 2. The van der Waals surface area contributed by atoms with Gasteiger partial charge in [0.15, 0.2) is 11.5 Å². The molecule has 5 heterocycles. The Kier molecular flexibility index (Phi) is 6.30. The van der Waals surface area contributed by atoms with E-state index in [-0.39, 0.29) is 41.4 Å². The van der Waals surface area contributed by atoms with E-state index in [1.54, 1.807) is 26.1 Å². The smallest absolute Gasteiger partial charge is 0.283 e. The van der Waals surface area contributed by atoms with Crippen LogP contribution in [0.15, 0.2) is 54.0 Å². The molecule has 0 radical (unpaired) electrons. The third-order valence-electron chi connectivity index (χ3n) is 8.42. The Labute approximate surface area is 262 Å². The normalized spacial score (nSPS) is 19.2. The average molecular weight is 618 g/mol. The number of benzene rings is 1. The van der Waals surface area contributed by atoms with Crippen molar-refractivity contribution in [2.45, 2.75) is 45.7 Å². The van der Waals surface area contributed by atoms with E-state index in [1.165, 1.54) is 21.9 Å². The molecule has 1 aromatic carbocycles. The van der Waals surface area contributed by atoms with Crippen molar-refractivity contribution in [2.24, 2.45) is 0 Å². The van der Waals surface area contributed by atoms with Crippen LogP contribution in [0.1, 0.15) is 42.1 Å². The van der Waals surface area contributed by atoms with Gasteiger partial charge in [-0.15, -0.1) is 0 Å². The summed E-state index contributed by atoms with van der Waals surface area (Å²) in [5.74, 6) is -4.34. The van der Waals surface area contributed by atoms with E-state index in [2.05, 4.69) is 16.5 Å². The maximum atomic E-state index is 16.3. The molecule has 45 heavy (non-hydrogen) atoms. The molecule has 2 aliphatic rings. The Hall–Kier alpha value is -5.13. The molecule has 232 valence electrons. The van der Waals surface area contributed by atoms with Crippen LogP contribution in [-0.2, 0) is 9.59 Å². The number of rotatable bonds is 4. The summed E-state index contributed by atoms with van der Waals surface area (Å²) in [4.78, 5) is 54.1. The molecule has 2 aliphatic heterocycles. The highest BCUT2D eigenvalue weighted by Crippen LogP contribution is 2.43. The third kappa shape index (κ3) is 4.46. The molecule has 2 amide bonds. The SMILES string of the molecule is [2H]C([2H])([2H])N1C(=O)[C@H]2CN(C(=O)C=C)[C@H](C)CN2c2c1c(=O)n(-c1c(C)ccnc1C(C)C)c1nc(-c3c(O)cccc3F)c(F)cc21. The second kappa shape index (κ2) is 10.8. The highest BCUT2D eigenvalue weighted by molar-refractivity contribution is 6.12. The quantitative estimate of drug-likeness (QED) is 0.337. The van der Waals surface area contributed by atoms with Crippen molar-refractivity contribution >= 4 is 34.2 Å². The number of phenolic OH excluding ortho intramolecular Hbond substituents is 1. The maximum Gasteiger partial charge on any atom is 0.283 e. The first-order chi connectivity index (χ1) is 22.6. The minimum absolute atomic E-state index is 0.0307. The van der Waals surface area contributed by atoms with Gasteiger partial charge in [-0.25, -0.2) is 13.8 Å². The van der Waals surface area contributed by atoms with Crippen molar-refractivity contribution in [3.8, 4) is 22.7 Å². The van der Waals surface area contributed by atoms with E-state index < -0.39 is 70.8 Å². The summed E-state index contributed by atoms with van der Waals surface area (Å²) >= 11 is 0. The number of carbonyl (C=O) groups is 2. The second-order valence-electron chi connectivity index (χ2n) is 11.6. The molecular weight excluding hydrogens is 582 g/mol. The number of aryl methyl sites for hydroxylation is 1. The maximum absolute atomic E-state index is 16.3. The number of carbonyl (C=O) groups excluding carboxylic acids is 2. The number of amides is 2. The molecule has 3 aromatic heterocycles. The lowest BCUT2D eigenvalue weighted by Crippen LogP contribution is -2.66. The monoisotopic (exact) mass is 617 g/mol. The predicted molar refractivity (Wildman–Crippen MR) is 167 cm³/mol. The number of likely N-dealkylation sites (N-methyl/N-ethyl adjacent to an activating group) is 1. The summed E-state index contributed by atoms with van der Waals surface area (Å²) in [6.07, 6.45) is 2.63. The molecule has 1 fully saturated rings. The fraction of sp³-hybridized carbons (Fsp3) is 0.303. The lowest BCUT2D eigenvalue weighted by atomic mass is 9.98. The summed E-state index contributed by atoms with van der Waals surface area (Å²) in [6.45, 7) is 7.17. The first-order valence-electron chi connectivity index (χ1n) is 15.8. The minimum Gasteiger partial charge on any atom is -0.507 e. The van der Waals surface area contributed by atoms with Crippen molar-refractivity contribution in [1.29, 1.82) is 0 Å². The zero-order chi connectivity index (χ0) is 35.0. The van der Waals surface area contributed by atoms with E-state index in [1.807, 2.05) is 13.8 Å². The van der Waals surface area contributed by atoms with Gasteiger partial charge in [0.25, 0.3) is 11.5 Å². The molecule has 12 heteroatoms. The van der Waals surface area contributed by atoms with Crippen LogP contribution in [0.25, 0.3) is 28.0 Å². The van der Waals surface area contributed by atoms with Gasteiger partial charge in [0, 0.05) is 35.3 Å². The number of aromatic hydroxyl groups is 1. The zero-order valence-electron chi connectivity index (χ0n) is 28.0. The highest BCUT2D eigenvalue weighted by atomic mass is 19.1. The molecule has 2 atom stereocenters. The van der Waals surface area contributed by atoms with Gasteiger partial charge >= 0.3 is 0 Å². The van der Waals surface area contributed by atoms with Gasteiger partial charge in [-0.3, -0.25) is 23.9 Å². The number of pyridine rings is 3. The number of phenols is 1. The van der Waals surface area contributed by atoms with Crippen LogP contribution in [0.3, 0.4) is 0 Å². The molecular formula is C33H32F2N6O4. The molecule has 0 spiro atoms. The van der Waals surface area contributed by atoms with Gasteiger partial charge < -0.3 is 19.8 Å². The van der Waals surface area contributed by atoms with Crippen LogP contribution in [0.2, 0.25) is 0 Å². The summed E-state index contributed by atoms with van der Waals surface area (Å²) in [5.41, 5.74) is -1.71. The number of fused-ring (bicyclic) bond motifs is 5. The average Bonchev–Trinajstić information content (AvgIpc) is 3.01. The number of piperazine rings is 1. The van der Waals surface area contributed by atoms with Crippen LogP contribution in [0.5, 0.6) is 5.75 Å². The number of hydrogen-bond donors (Lipinski definition) is 1. The standard InChI is InChI=1S/C33H32F2N6O4/c1-7-24(43)39-15-22-32(44)38(6)30-29(40(22)14-18(39)5)19-13-21(35)27(25-20(34)9-8-10-23(25)42)37-31(19)41(33(30)45)28-17(4)11-12-36-26(28)16(2)3/h7-13,16,18,22,42H,1,14-15H2,2-6H3/t18-,22-/m1/s1/i6D3.